The maximum Gasteiger partial charge on any atom is 0.0945 e. The normalized spacial score (nSPS) is 12.7. The van der Waals surface area contributed by atoms with Gasteiger partial charge in [-0.05, 0) is 24.6 Å². The summed E-state index contributed by atoms with van der Waals surface area (Å²) in [5, 5.41) is 1.16. The molecule has 0 aliphatic rings. The SMILES string of the molecule is Cc1ccc(C(CCl)Cc2nc3ccccc3s2)cc1. The number of hydrogen-bond acceptors (Lipinski definition) is 2. The van der Waals surface area contributed by atoms with E-state index in [9.17, 15) is 0 Å². The van der Waals surface area contributed by atoms with Gasteiger partial charge < -0.3 is 0 Å². The molecule has 0 aliphatic carbocycles. The molecule has 0 fully saturated rings. The smallest absolute Gasteiger partial charge is 0.0945 e. The molecule has 3 rings (SSSR count). The third-order valence-corrected chi connectivity index (χ3v) is 4.93. The second kappa shape index (κ2) is 5.94. The Morgan fingerprint density at radius 3 is 2.55 bits per heavy atom. The fraction of sp³-hybridized carbons (Fsp3) is 0.235. The zero-order valence-corrected chi connectivity index (χ0v) is 12.9. The Morgan fingerprint density at radius 1 is 1.10 bits per heavy atom. The van der Waals surface area contributed by atoms with Crippen molar-refractivity contribution in [1.29, 1.82) is 0 Å². The molecule has 1 nitrogen and oxygen atoms in total. The van der Waals surface area contributed by atoms with Gasteiger partial charge in [0.25, 0.3) is 0 Å². The van der Waals surface area contributed by atoms with Crippen molar-refractivity contribution in [2.24, 2.45) is 0 Å². The van der Waals surface area contributed by atoms with Gasteiger partial charge in [0.05, 0.1) is 15.2 Å². The number of alkyl halides is 1. The largest absolute Gasteiger partial charge is 0.241 e. The van der Waals surface area contributed by atoms with Crippen LogP contribution in [-0.4, -0.2) is 10.9 Å². The minimum absolute atomic E-state index is 0.331. The highest BCUT2D eigenvalue weighted by molar-refractivity contribution is 7.18. The van der Waals surface area contributed by atoms with Gasteiger partial charge in [-0.3, -0.25) is 0 Å². The zero-order valence-electron chi connectivity index (χ0n) is 11.3. The van der Waals surface area contributed by atoms with Gasteiger partial charge in [-0.1, -0.05) is 42.0 Å². The van der Waals surface area contributed by atoms with Gasteiger partial charge in [-0.25, -0.2) is 4.98 Å². The predicted octanol–water partition coefficient (Wildman–Crippen LogP) is 5.17. The number of benzene rings is 2. The highest BCUT2D eigenvalue weighted by Gasteiger charge is 2.14. The highest BCUT2D eigenvalue weighted by Crippen LogP contribution is 2.28. The Hall–Kier alpha value is -1.38. The molecule has 0 radical (unpaired) electrons. The van der Waals surface area contributed by atoms with Gasteiger partial charge in [0.15, 0.2) is 0 Å². The van der Waals surface area contributed by atoms with Crippen LogP contribution in [0.2, 0.25) is 0 Å². The molecule has 2 aromatic carbocycles. The number of aryl methyl sites for hydroxylation is 1. The van der Waals surface area contributed by atoms with Crippen LogP contribution in [0.5, 0.6) is 0 Å². The lowest BCUT2D eigenvalue weighted by Crippen LogP contribution is -2.04. The lowest BCUT2D eigenvalue weighted by atomic mass is 9.97. The van der Waals surface area contributed by atoms with E-state index in [4.69, 9.17) is 16.6 Å². The molecule has 1 unspecified atom stereocenters. The van der Waals surface area contributed by atoms with E-state index in [0.717, 1.165) is 16.9 Å². The van der Waals surface area contributed by atoms with Gasteiger partial charge in [0.2, 0.25) is 0 Å². The fourth-order valence-electron chi connectivity index (χ4n) is 2.32. The monoisotopic (exact) mass is 301 g/mol. The number of hydrogen-bond donors (Lipinski definition) is 0. The van der Waals surface area contributed by atoms with Gasteiger partial charge in [-0.2, -0.15) is 0 Å². The van der Waals surface area contributed by atoms with E-state index >= 15 is 0 Å². The van der Waals surface area contributed by atoms with Crippen molar-refractivity contribution in [3.8, 4) is 0 Å². The van der Waals surface area contributed by atoms with Crippen LogP contribution in [0.3, 0.4) is 0 Å². The van der Waals surface area contributed by atoms with Crippen LogP contribution in [0.1, 0.15) is 22.1 Å². The molecule has 3 aromatic rings. The molecule has 1 heterocycles. The van der Waals surface area contributed by atoms with Crippen molar-refractivity contribution in [2.75, 3.05) is 5.88 Å². The summed E-state index contributed by atoms with van der Waals surface area (Å²) in [6, 6.07) is 16.9. The number of halogens is 1. The molecule has 1 atom stereocenters. The predicted molar refractivity (Wildman–Crippen MR) is 88.0 cm³/mol. The topological polar surface area (TPSA) is 12.9 Å². The van der Waals surface area contributed by atoms with E-state index in [-0.39, 0.29) is 0 Å². The lowest BCUT2D eigenvalue weighted by molar-refractivity contribution is 0.762. The second-order valence-corrected chi connectivity index (χ2v) is 6.47. The first-order valence-corrected chi connectivity index (χ1v) is 8.08. The number of fused-ring (bicyclic) bond motifs is 1. The fourth-order valence-corrected chi connectivity index (χ4v) is 3.65. The summed E-state index contributed by atoms with van der Waals surface area (Å²) in [4.78, 5) is 4.70. The first-order chi connectivity index (χ1) is 9.76. The maximum absolute atomic E-state index is 6.17. The minimum atomic E-state index is 0.331. The molecule has 1 aromatic heterocycles. The van der Waals surface area contributed by atoms with Crippen LogP contribution >= 0.6 is 22.9 Å². The molecule has 0 saturated heterocycles. The van der Waals surface area contributed by atoms with Crippen molar-refractivity contribution in [2.45, 2.75) is 19.3 Å². The number of nitrogens with zero attached hydrogens (tertiary/aromatic N) is 1. The number of para-hydroxylation sites is 1. The maximum atomic E-state index is 6.17. The Bertz CT molecular complexity index is 669. The molecule has 0 saturated carbocycles. The molecule has 0 amide bonds. The van der Waals surface area contributed by atoms with E-state index in [2.05, 4.69) is 49.4 Å². The van der Waals surface area contributed by atoms with E-state index in [1.165, 1.54) is 15.8 Å². The van der Waals surface area contributed by atoms with Gasteiger partial charge >= 0.3 is 0 Å². The van der Waals surface area contributed by atoms with Crippen LogP contribution < -0.4 is 0 Å². The molecule has 0 N–H and O–H groups in total. The molecule has 3 heteroatoms. The van der Waals surface area contributed by atoms with Crippen LogP contribution in [0.4, 0.5) is 0 Å². The summed E-state index contributed by atoms with van der Waals surface area (Å²) in [5.74, 6) is 0.955. The number of rotatable bonds is 4. The number of thiazole rings is 1. The van der Waals surface area contributed by atoms with Crippen molar-refractivity contribution >= 4 is 33.2 Å². The molecule has 0 bridgehead atoms. The molecular formula is C17H16ClNS. The lowest BCUT2D eigenvalue weighted by Gasteiger charge is -2.12. The van der Waals surface area contributed by atoms with Crippen molar-refractivity contribution < 1.29 is 0 Å². The zero-order chi connectivity index (χ0) is 13.9. The van der Waals surface area contributed by atoms with Gasteiger partial charge in [0.1, 0.15) is 0 Å². The summed E-state index contributed by atoms with van der Waals surface area (Å²) in [5.41, 5.74) is 3.66. The molecule has 102 valence electrons. The van der Waals surface area contributed by atoms with Crippen molar-refractivity contribution in [3.63, 3.8) is 0 Å². The van der Waals surface area contributed by atoms with Crippen LogP contribution in [0, 0.1) is 6.92 Å². The highest BCUT2D eigenvalue weighted by atomic mass is 35.5. The third kappa shape index (κ3) is 2.87. The van der Waals surface area contributed by atoms with Crippen LogP contribution in [0.15, 0.2) is 48.5 Å². The Balaban J connectivity index is 1.85. The molecule has 0 aliphatic heterocycles. The molecule has 0 spiro atoms. The third-order valence-electron chi connectivity index (χ3n) is 3.49. The van der Waals surface area contributed by atoms with E-state index in [1.54, 1.807) is 11.3 Å². The molecular weight excluding hydrogens is 286 g/mol. The average Bonchev–Trinajstić information content (AvgIpc) is 2.88. The summed E-state index contributed by atoms with van der Waals surface area (Å²) in [7, 11) is 0. The van der Waals surface area contributed by atoms with Crippen molar-refractivity contribution in [1.82, 2.24) is 4.98 Å². The minimum Gasteiger partial charge on any atom is -0.241 e. The second-order valence-electron chi connectivity index (χ2n) is 5.04. The van der Waals surface area contributed by atoms with Crippen molar-refractivity contribution in [3.05, 3.63) is 64.7 Å². The van der Waals surface area contributed by atoms with Gasteiger partial charge in [0, 0.05) is 18.2 Å². The quantitative estimate of drug-likeness (QED) is 0.606. The van der Waals surface area contributed by atoms with Crippen LogP contribution in [0.25, 0.3) is 10.2 Å². The summed E-state index contributed by atoms with van der Waals surface area (Å²) in [6.45, 7) is 2.10. The first-order valence-electron chi connectivity index (χ1n) is 6.73. The first kappa shape index (κ1) is 13.6. The molecule has 20 heavy (non-hydrogen) atoms. The summed E-state index contributed by atoms with van der Waals surface area (Å²) >= 11 is 7.94. The van der Waals surface area contributed by atoms with E-state index in [0.29, 0.717) is 11.8 Å². The Labute approximate surface area is 128 Å². The Morgan fingerprint density at radius 2 is 1.85 bits per heavy atom. The van der Waals surface area contributed by atoms with E-state index < -0.39 is 0 Å². The van der Waals surface area contributed by atoms with E-state index in [1.807, 2.05) is 6.07 Å². The summed E-state index contributed by atoms with van der Waals surface area (Å²) < 4.78 is 1.25. The van der Waals surface area contributed by atoms with Crippen LogP contribution in [-0.2, 0) is 6.42 Å². The van der Waals surface area contributed by atoms with Gasteiger partial charge in [-0.15, -0.1) is 22.9 Å². The standard InChI is InChI=1S/C17H16ClNS/c1-12-6-8-13(9-7-12)14(11-18)10-17-19-15-4-2-3-5-16(15)20-17/h2-9,14H,10-11H2,1H3. The number of aromatic nitrogens is 1. The summed E-state index contributed by atoms with van der Waals surface area (Å²) in [6.07, 6.45) is 0.909. The Kier molecular flexibility index (Phi) is 4.04. The average molecular weight is 302 g/mol.